The Balaban J connectivity index is 1.96. The third kappa shape index (κ3) is 2.08. The summed E-state index contributed by atoms with van der Waals surface area (Å²) in [5.74, 6) is -0.136. The maximum Gasteiger partial charge on any atom is 0.244 e. The van der Waals surface area contributed by atoms with Gasteiger partial charge in [-0.05, 0) is 24.3 Å². The van der Waals surface area contributed by atoms with Crippen LogP contribution in [0, 0.1) is 0 Å². The number of fused-ring (bicyclic) bond motifs is 2. The molecule has 0 bridgehead atoms. The molecule has 22 heavy (non-hydrogen) atoms. The van der Waals surface area contributed by atoms with Crippen LogP contribution in [0.25, 0.3) is 32.5 Å². The van der Waals surface area contributed by atoms with Crippen LogP contribution in [-0.2, 0) is 0 Å². The molecular formula is C15H9ClN4OS. The molecule has 0 amide bonds. The first-order chi connectivity index (χ1) is 10.6. The Morgan fingerprint density at radius 2 is 2.09 bits per heavy atom. The summed E-state index contributed by atoms with van der Waals surface area (Å²) in [5, 5.41) is 4.96. The summed E-state index contributed by atoms with van der Waals surface area (Å²) < 4.78 is 2.08. The maximum absolute atomic E-state index is 11.6. The third-order valence-electron chi connectivity index (χ3n) is 3.36. The predicted molar refractivity (Wildman–Crippen MR) is 87.5 cm³/mol. The number of carbonyl (C=O) groups excluding carboxylic acids is 1. The summed E-state index contributed by atoms with van der Waals surface area (Å²) in [5.41, 5.74) is 2.98. The third-order valence-corrected chi connectivity index (χ3v) is 4.61. The second-order valence-corrected chi connectivity index (χ2v) is 6.55. The lowest BCUT2D eigenvalue weighted by Crippen LogP contribution is -2.06. The maximum atomic E-state index is 11.6. The minimum atomic E-state index is -0.136. The van der Waals surface area contributed by atoms with Crippen LogP contribution in [0.3, 0.4) is 0 Å². The second kappa shape index (κ2) is 4.86. The molecule has 0 N–H and O–H groups in total. The van der Waals surface area contributed by atoms with E-state index in [1.807, 2.05) is 24.3 Å². The van der Waals surface area contributed by atoms with Crippen molar-refractivity contribution in [3.8, 4) is 10.6 Å². The fraction of sp³-hybridized carbons (Fsp3) is 0.0667. The SMILES string of the molecule is CC(=O)n1ncc2cc3ncc(-c4ccc(Cl)s4)nc3cc21. The molecule has 0 aliphatic carbocycles. The van der Waals surface area contributed by atoms with Gasteiger partial charge in [-0.1, -0.05) is 11.6 Å². The molecule has 4 rings (SSSR count). The first kappa shape index (κ1) is 13.4. The molecule has 0 fully saturated rings. The van der Waals surface area contributed by atoms with E-state index >= 15 is 0 Å². The van der Waals surface area contributed by atoms with Crippen molar-refractivity contribution < 1.29 is 4.79 Å². The number of rotatable bonds is 1. The van der Waals surface area contributed by atoms with Crippen molar-refractivity contribution in [3.63, 3.8) is 0 Å². The molecule has 4 aromatic rings. The molecule has 0 aliphatic rings. The summed E-state index contributed by atoms with van der Waals surface area (Å²) in [6, 6.07) is 7.47. The highest BCUT2D eigenvalue weighted by atomic mass is 35.5. The van der Waals surface area contributed by atoms with Gasteiger partial charge >= 0.3 is 0 Å². The van der Waals surface area contributed by atoms with Gasteiger partial charge in [-0.15, -0.1) is 11.3 Å². The molecule has 0 unspecified atom stereocenters. The first-order valence-electron chi connectivity index (χ1n) is 6.53. The van der Waals surface area contributed by atoms with E-state index in [1.54, 1.807) is 12.4 Å². The standard InChI is InChI=1S/C15H9ClN4OS/c1-8(21)20-13-5-11-10(4-9(13)6-18-20)17-7-12(19-11)14-2-3-15(16)22-14/h2-7H,1H3. The molecule has 0 aliphatic heterocycles. The first-order valence-corrected chi connectivity index (χ1v) is 7.72. The minimum Gasteiger partial charge on any atom is -0.273 e. The highest BCUT2D eigenvalue weighted by Gasteiger charge is 2.11. The van der Waals surface area contributed by atoms with E-state index in [9.17, 15) is 4.79 Å². The van der Waals surface area contributed by atoms with Gasteiger partial charge in [0.15, 0.2) is 0 Å². The zero-order valence-electron chi connectivity index (χ0n) is 11.4. The van der Waals surface area contributed by atoms with Crippen molar-refractivity contribution in [2.75, 3.05) is 0 Å². The number of carbonyl (C=O) groups is 1. The number of thiophene rings is 1. The van der Waals surface area contributed by atoms with Gasteiger partial charge in [0.2, 0.25) is 5.91 Å². The molecule has 0 saturated carbocycles. The lowest BCUT2D eigenvalue weighted by Gasteiger charge is -2.02. The Labute approximate surface area is 134 Å². The van der Waals surface area contributed by atoms with Crippen LogP contribution in [0.5, 0.6) is 0 Å². The molecule has 1 aromatic carbocycles. The van der Waals surface area contributed by atoms with Gasteiger partial charge in [0.25, 0.3) is 0 Å². The summed E-state index contributed by atoms with van der Waals surface area (Å²) in [6.45, 7) is 1.48. The molecule has 108 valence electrons. The van der Waals surface area contributed by atoms with Crippen LogP contribution < -0.4 is 0 Å². The monoisotopic (exact) mass is 328 g/mol. The number of hydrogen-bond acceptors (Lipinski definition) is 5. The van der Waals surface area contributed by atoms with Crippen molar-refractivity contribution in [1.29, 1.82) is 0 Å². The Kier molecular flexibility index (Phi) is 2.95. The number of hydrogen-bond donors (Lipinski definition) is 0. The normalized spacial score (nSPS) is 11.4. The van der Waals surface area contributed by atoms with Crippen LogP contribution >= 0.6 is 22.9 Å². The molecule has 0 radical (unpaired) electrons. The average molecular weight is 329 g/mol. The van der Waals surface area contributed by atoms with Crippen molar-refractivity contribution in [2.45, 2.75) is 6.92 Å². The Morgan fingerprint density at radius 1 is 1.23 bits per heavy atom. The molecule has 7 heteroatoms. The van der Waals surface area contributed by atoms with Gasteiger partial charge < -0.3 is 0 Å². The quantitative estimate of drug-likeness (QED) is 0.529. The fourth-order valence-electron chi connectivity index (χ4n) is 2.35. The number of halogens is 1. The van der Waals surface area contributed by atoms with Crippen molar-refractivity contribution in [2.24, 2.45) is 0 Å². The summed E-state index contributed by atoms with van der Waals surface area (Å²) in [7, 11) is 0. The van der Waals surface area contributed by atoms with Gasteiger partial charge in [0.05, 0.1) is 43.9 Å². The smallest absolute Gasteiger partial charge is 0.244 e. The lowest BCUT2D eigenvalue weighted by atomic mass is 10.2. The van der Waals surface area contributed by atoms with Gasteiger partial charge in [0, 0.05) is 12.3 Å². The Bertz CT molecular complexity index is 1040. The largest absolute Gasteiger partial charge is 0.273 e. The van der Waals surface area contributed by atoms with E-state index in [4.69, 9.17) is 11.6 Å². The Morgan fingerprint density at radius 3 is 2.82 bits per heavy atom. The van der Waals surface area contributed by atoms with Crippen LogP contribution in [-0.4, -0.2) is 25.7 Å². The topological polar surface area (TPSA) is 60.7 Å². The van der Waals surface area contributed by atoms with E-state index in [2.05, 4.69) is 15.1 Å². The molecule has 3 aromatic heterocycles. The highest BCUT2D eigenvalue weighted by molar-refractivity contribution is 7.19. The van der Waals surface area contributed by atoms with Crippen molar-refractivity contribution in [3.05, 3.63) is 41.0 Å². The van der Waals surface area contributed by atoms with E-state index in [0.29, 0.717) is 4.34 Å². The van der Waals surface area contributed by atoms with Gasteiger partial charge in [0.1, 0.15) is 0 Å². The lowest BCUT2D eigenvalue weighted by molar-refractivity contribution is 0.0927. The van der Waals surface area contributed by atoms with Gasteiger partial charge in [-0.3, -0.25) is 9.78 Å². The van der Waals surface area contributed by atoms with E-state index < -0.39 is 0 Å². The molecular weight excluding hydrogens is 320 g/mol. The van der Waals surface area contributed by atoms with Gasteiger partial charge in [-0.2, -0.15) is 5.10 Å². The number of benzene rings is 1. The van der Waals surface area contributed by atoms with Crippen molar-refractivity contribution >= 4 is 50.8 Å². The summed E-state index contributed by atoms with van der Waals surface area (Å²) in [4.78, 5) is 21.6. The summed E-state index contributed by atoms with van der Waals surface area (Å²) >= 11 is 7.42. The average Bonchev–Trinajstić information content (AvgIpc) is 3.10. The fourth-order valence-corrected chi connectivity index (χ4v) is 3.35. The Hall–Kier alpha value is -2.31. The molecule has 3 heterocycles. The number of aromatic nitrogens is 4. The predicted octanol–water partition coefficient (Wildman–Crippen LogP) is 4.02. The van der Waals surface area contributed by atoms with Crippen LogP contribution in [0.1, 0.15) is 11.7 Å². The van der Waals surface area contributed by atoms with Crippen LogP contribution in [0.2, 0.25) is 4.34 Å². The zero-order chi connectivity index (χ0) is 15.3. The van der Waals surface area contributed by atoms with Crippen molar-refractivity contribution in [1.82, 2.24) is 19.7 Å². The van der Waals surface area contributed by atoms with Gasteiger partial charge in [-0.25, -0.2) is 9.67 Å². The van der Waals surface area contributed by atoms with Crippen LogP contribution in [0.4, 0.5) is 0 Å². The van der Waals surface area contributed by atoms with E-state index in [-0.39, 0.29) is 5.91 Å². The number of nitrogens with zero attached hydrogens (tertiary/aromatic N) is 4. The second-order valence-electron chi connectivity index (χ2n) is 4.83. The van der Waals surface area contributed by atoms with E-state index in [0.717, 1.165) is 32.5 Å². The highest BCUT2D eigenvalue weighted by Crippen LogP contribution is 2.30. The zero-order valence-corrected chi connectivity index (χ0v) is 13.0. The van der Waals surface area contributed by atoms with E-state index in [1.165, 1.54) is 22.9 Å². The molecule has 0 spiro atoms. The molecule has 0 saturated heterocycles. The van der Waals surface area contributed by atoms with Crippen LogP contribution in [0.15, 0.2) is 36.7 Å². The molecule has 5 nitrogen and oxygen atoms in total. The minimum absolute atomic E-state index is 0.136. The summed E-state index contributed by atoms with van der Waals surface area (Å²) in [6.07, 6.45) is 3.39. The molecule has 0 atom stereocenters.